The number of rotatable bonds is 0. The van der Waals surface area contributed by atoms with Gasteiger partial charge in [0.1, 0.15) is 0 Å². The van der Waals surface area contributed by atoms with Crippen LogP contribution in [0.15, 0.2) is 0 Å². The molecule has 1 fully saturated rings. The fourth-order valence-electron chi connectivity index (χ4n) is 1.51. The molecule has 21 heavy (non-hydrogen) atoms. The summed E-state index contributed by atoms with van der Waals surface area (Å²) >= 11 is 0. The predicted molar refractivity (Wildman–Crippen MR) is 88.9 cm³/mol. The van der Waals surface area contributed by atoms with Crippen LogP contribution in [0.3, 0.4) is 0 Å². The minimum Gasteiger partial charge on any atom is -0.394 e. The van der Waals surface area contributed by atoms with E-state index >= 15 is 0 Å². The van der Waals surface area contributed by atoms with E-state index in [1.54, 1.807) is 41.5 Å². The van der Waals surface area contributed by atoms with Crippen molar-refractivity contribution < 1.29 is 37.0 Å². The molecule has 0 heterocycles. The summed E-state index contributed by atoms with van der Waals surface area (Å²) in [5.74, 6) is 0. The van der Waals surface area contributed by atoms with Crippen molar-refractivity contribution >= 4 is 0 Å². The number of aliphatic hydroxyl groups is 3. The van der Waals surface area contributed by atoms with Gasteiger partial charge in [-0.3, -0.25) is 0 Å². The number of hydrogen-bond acceptors (Lipinski definition) is 3. The van der Waals surface area contributed by atoms with Gasteiger partial charge in [-0.2, -0.15) is 0 Å². The normalized spacial score (nSPS) is 15.7. The summed E-state index contributed by atoms with van der Waals surface area (Å²) in [5, 5.41) is 24.2. The second kappa shape index (κ2) is 18.6. The average molecular weight is 340 g/mol. The SMILES string of the molecule is CC(C)O.CC(C)O.CC(C)O.CC1(C)CCCCC1.[Ti]. The van der Waals surface area contributed by atoms with E-state index in [4.69, 9.17) is 15.3 Å². The third-order valence-corrected chi connectivity index (χ3v) is 2.21. The van der Waals surface area contributed by atoms with Crippen molar-refractivity contribution in [3.63, 3.8) is 0 Å². The van der Waals surface area contributed by atoms with Gasteiger partial charge in [0, 0.05) is 40.0 Å². The smallest absolute Gasteiger partial charge is 0.0483 e. The molecule has 130 valence electrons. The van der Waals surface area contributed by atoms with Gasteiger partial charge < -0.3 is 15.3 Å². The van der Waals surface area contributed by atoms with Crippen molar-refractivity contribution in [1.29, 1.82) is 0 Å². The Balaban J connectivity index is -0.0000000973. The number of aliphatic hydroxyl groups excluding tert-OH is 3. The summed E-state index contributed by atoms with van der Waals surface area (Å²) in [6, 6.07) is 0. The van der Waals surface area contributed by atoms with Gasteiger partial charge in [0.05, 0.1) is 0 Å². The maximum atomic E-state index is 8.06. The zero-order chi connectivity index (χ0) is 16.8. The molecule has 1 aliphatic rings. The first-order chi connectivity index (χ1) is 8.90. The summed E-state index contributed by atoms with van der Waals surface area (Å²) in [4.78, 5) is 0. The first-order valence-electron chi connectivity index (χ1n) is 7.95. The van der Waals surface area contributed by atoms with Crippen LogP contribution in [-0.2, 0) is 21.7 Å². The topological polar surface area (TPSA) is 60.7 Å². The Morgan fingerprint density at radius 1 is 0.619 bits per heavy atom. The molecule has 0 aromatic heterocycles. The second-order valence-electron chi connectivity index (χ2n) is 7.01. The van der Waals surface area contributed by atoms with E-state index in [0.29, 0.717) is 5.41 Å². The van der Waals surface area contributed by atoms with E-state index in [1.807, 2.05) is 0 Å². The number of hydrogen-bond donors (Lipinski definition) is 3. The van der Waals surface area contributed by atoms with Gasteiger partial charge in [0.2, 0.25) is 0 Å². The summed E-state index contributed by atoms with van der Waals surface area (Å²) in [5.41, 5.74) is 0.679. The molecule has 0 saturated heterocycles. The predicted octanol–water partition coefficient (Wildman–Crippen LogP) is 4.14. The molecule has 0 unspecified atom stereocenters. The van der Waals surface area contributed by atoms with Crippen molar-refractivity contribution in [3.8, 4) is 0 Å². The largest absolute Gasteiger partial charge is 0.394 e. The Kier molecular flexibility index (Phi) is 26.3. The van der Waals surface area contributed by atoms with Crippen LogP contribution in [0.25, 0.3) is 0 Å². The maximum absolute atomic E-state index is 8.06. The van der Waals surface area contributed by atoms with Crippen LogP contribution in [0.2, 0.25) is 0 Å². The zero-order valence-corrected chi connectivity index (χ0v) is 17.2. The van der Waals surface area contributed by atoms with E-state index < -0.39 is 0 Å². The fourth-order valence-corrected chi connectivity index (χ4v) is 1.51. The van der Waals surface area contributed by atoms with Crippen LogP contribution in [0, 0.1) is 5.41 Å². The Bertz CT molecular complexity index is 150. The molecule has 0 amide bonds. The summed E-state index contributed by atoms with van der Waals surface area (Å²) in [6.07, 6.45) is 6.81. The molecule has 0 atom stereocenters. The van der Waals surface area contributed by atoms with Crippen LogP contribution in [0.1, 0.15) is 87.5 Å². The van der Waals surface area contributed by atoms with Crippen LogP contribution in [-0.4, -0.2) is 33.6 Å². The fraction of sp³-hybridized carbons (Fsp3) is 1.00. The molecule has 0 aromatic rings. The molecule has 0 spiro atoms. The van der Waals surface area contributed by atoms with E-state index in [0.717, 1.165) is 0 Å². The molecule has 1 saturated carbocycles. The third kappa shape index (κ3) is 63.4. The summed E-state index contributed by atoms with van der Waals surface area (Å²) < 4.78 is 0. The third-order valence-electron chi connectivity index (χ3n) is 2.21. The van der Waals surface area contributed by atoms with E-state index in [9.17, 15) is 0 Å². The van der Waals surface area contributed by atoms with Crippen LogP contribution >= 0.6 is 0 Å². The van der Waals surface area contributed by atoms with Gasteiger partial charge in [-0.25, -0.2) is 0 Å². The average Bonchev–Trinajstić information content (AvgIpc) is 2.13. The van der Waals surface area contributed by atoms with Gasteiger partial charge in [-0.1, -0.05) is 33.1 Å². The minimum atomic E-state index is -0.167. The summed E-state index contributed by atoms with van der Waals surface area (Å²) in [6.45, 7) is 15.1. The van der Waals surface area contributed by atoms with Gasteiger partial charge in [-0.05, 0) is 59.8 Å². The molecule has 0 radical (unpaired) electrons. The molecule has 0 bridgehead atoms. The van der Waals surface area contributed by atoms with Crippen molar-refractivity contribution in [2.45, 2.75) is 106 Å². The van der Waals surface area contributed by atoms with Gasteiger partial charge in [0.25, 0.3) is 0 Å². The first kappa shape index (κ1) is 29.6. The molecule has 0 aromatic carbocycles. The molecule has 3 nitrogen and oxygen atoms in total. The van der Waals surface area contributed by atoms with E-state index in [-0.39, 0.29) is 40.0 Å². The zero-order valence-electron chi connectivity index (χ0n) is 15.6. The first-order valence-corrected chi connectivity index (χ1v) is 7.95. The van der Waals surface area contributed by atoms with Crippen molar-refractivity contribution in [2.75, 3.05) is 0 Å². The standard InChI is InChI=1S/C8H16.3C3H8O.Ti/c1-8(2)6-4-3-5-7-8;3*1-3(2)4;/h3-7H2,1-2H3;3*3-4H,1-2H3;. The molecular weight excluding hydrogens is 300 g/mol. The Morgan fingerprint density at radius 3 is 0.905 bits per heavy atom. The van der Waals surface area contributed by atoms with Gasteiger partial charge in [0.15, 0.2) is 0 Å². The molecule has 4 heteroatoms. The Morgan fingerprint density at radius 2 is 0.810 bits per heavy atom. The Hall–Kier alpha value is 0.594. The second-order valence-corrected chi connectivity index (χ2v) is 7.01. The minimum absolute atomic E-state index is 0. The molecule has 0 aliphatic heterocycles. The quantitative estimate of drug-likeness (QED) is 0.581. The van der Waals surface area contributed by atoms with Crippen LogP contribution < -0.4 is 0 Å². The molecule has 3 N–H and O–H groups in total. The monoisotopic (exact) mass is 340 g/mol. The summed E-state index contributed by atoms with van der Waals surface area (Å²) in [7, 11) is 0. The van der Waals surface area contributed by atoms with Crippen molar-refractivity contribution in [2.24, 2.45) is 5.41 Å². The van der Waals surface area contributed by atoms with Crippen molar-refractivity contribution in [1.82, 2.24) is 0 Å². The molecular formula is C17H40O3Ti. The van der Waals surface area contributed by atoms with Crippen LogP contribution in [0.4, 0.5) is 0 Å². The van der Waals surface area contributed by atoms with E-state index in [1.165, 1.54) is 32.1 Å². The Labute approximate surface area is 148 Å². The molecule has 1 aliphatic carbocycles. The molecule has 1 rings (SSSR count). The van der Waals surface area contributed by atoms with Gasteiger partial charge >= 0.3 is 0 Å². The van der Waals surface area contributed by atoms with Crippen LogP contribution in [0.5, 0.6) is 0 Å². The van der Waals surface area contributed by atoms with E-state index in [2.05, 4.69) is 13.8 Å². The van der Waals surface area contributed by atoms with Crippen molar-refractivity contribution in [3.05, 3.63) is 0 Å². The maximum Gasteiger partial charge on any atom is 0.0483 e. The van der Waals surface area contributed by atoms with Gasteiger partial charge in [-0.15, -0.1) is 0 Å².